The van der Waals surface area contributed by atoms with E-state index in [0.29, 0.717) is 30.4 Å². The Balaban J connectivity index is 1.41. The lowest BCUT2D eigenvalue weighted by Crippen LogP contribution is -3.10. The molecule has 0 fully saturated rings. The van der Waals surface area contributed by atoms with Gasteiger partial charge in [-0.05, 0) is 12.1 Å². The van der Waals surface area contributed by atoms with Crippen LogP contribution in [-0.4, -0.2) is 43.3 Å². The van der Waals surface area contributed by atoms with Crippen molar-refractivity contribution in [1.82, 2.24) is 10.1 Å². The first-order valence-corrected chi connectivity index (χ1v) is 9.27. The van der Waals surface area contributed by atoms with Crippen LogP contribution in [0.1, 0.15) is 12.3 Å². The van der Waals surface area contributed by atoms with E-state index in [0.717, 1.165) is 29.1 Å². The number of methoxy groups -OCH3 is 1. The number of quaternary nitrogens is 1. The van der Waals surface area contributed by atoms with Crippen LogP contribution in [0.5, 0.6) is 5.75 Å². The molecule has 7 heteroatoms. The number of nitrogens with one attached hydrogen (secondary N) is 2. The molecule has 0 spiro atoms. The number of anilines is 1. The highest BCUT2D eigenvalue weighted by atomic mass is 16.5. The average Bonchev–Trinajstić information content (AvgIpc) is 3.17. The molecular formula is C21H25N4O3+. The summed E-state index contributed by atoms with van der Waals surface area (Å²) in [6.45, 7) is 1.21. The van der Waals surface area contributed by atoms with Crippen LogP contribution in [-0.2, 0) is 11.2 Å². The normalized spacial score (nSPS) is 11.8. The summed E-state index contributed by atoms with van der Waals surface area (Å²) in [5, 5.41) is 6.92. The minimum atomic E-state index is -0.0325. The Morgan fingerprint density at radius 3 is 2.79 bits per heavy atom. The van der Waals surface area contributed by atoms with Crippen molar-refractivity contribution in [2.45, 2.75) is 12.8 Å². The van der Waals surface area contributed by atoms with Crippen molar-refractivity contribution < 1.29 is 19.0 Å². The second kappa shape index (κ2) is 9.66. The van der Waals surface area contributed by atoms with Gasteiger partial charge in [0, 0.05) is 30.2 Å². The molecule has 3 aromatic rings. The quantitative estimate of drug-likeness (QED) is 0.591. The van der Waals surface area contributed by atoms with Gasteiger partial charge < -0.3 is 19.5 Å². The largest absolute Gasteiger partial charge is 0.497 e. The summed E-state index contributed by atoms with van der Waals surface area (Å²) in [6.07, 6.45) is 1.55. The van der Waals surface area contributed by atoms with Crippen LogP contribution < -0.4 is 15.0 Å². The standard InChI is InChI=1S/C21H24N4O3/c1-25(15-19(26)22-17-10-6-11-18(14-17)27-2)13-7-12-20-23-21(24-28-20)16-8-4-3-5-9-16/h3-6,8-11,14H,7,12-13,15H2,1-2H3,(H,22,26)/p+1. The zero-order valence-electron chi connectivity index (χ0n) is 16.1. The maximum absolute atomic E-state index is 12.2. The third kappa shape index (κ3) is 5.65. The fraction of sp³-hybridized carbons (Fsp3) is 0.286. The van der Waals surface area contributed by atoms with Crippen LogP contribution in [0.15, 0.2) is 59.1 Å². The Hall–Kier alpha value is -3.19. The molecule has 0 saturated carbocycles. The maximum atomic E-state index is 12.2. The van der Waals surface area contributed by atoms with Crippen LogP contribution >= 0.6 is 0 Å². The van der Waals surface area contributed by atoms with E-state index in [1.807, 2.05) is 55.6 Å². The van der Waals surface area contributed by atoms with E-state index in [-0.39, 0.29) is 5.91 Å². The van der Waals surface area contributed by atoms with Crippen molar-refractivity contribution in [2.24, 2.45) is 0 Å². The Labute approximate surface area is 164 Å². The Morgan fingerprint density at radius 2 is 2.00 bits per heavy atom. The van der Waals surface area contributed by atoms with E-state index in [9.17, 15) is 4.79 Å². The fourth-order valence-corrected chi connectivity index (χ4v) is 2.87. The third-order valence-electron chi connectivity index (χ3n) is 4.31. The van der Waals surface area contributed by atoms with Gasteiger partial charge in [0.05, 0.1) is 20.7 Å². The second-order valence-corrected chi connectivity index (χ2v) is 6.65. The molecule has 7 nitrogen and oxygen atoms in total. The van der Waals surface area contributed by atoms with E-state index in [2.05, 4.69) is 15.5 Å². The van der Waals surface area contributed by atoms with Crippen LogP contribution in [0.2, 0.25) is 0 Å². The molecule has 0 aliphatic heterocycles. The Bertz CT molecular complexity index is 895. The molecule has 2 aromatic carbocycles. The summed E-state index contributed by atoms with van der Waals surface area (Å²) >= 11 is 0. The number of likely N-dealkylation sites (N-methyl/N-ethyl adjacent to an activating group) is 1. The van der Waals surface area contributed by atoms with Gasteiger partial charge in [0.25, 0.3) is 5.91 Å². The van der Waals surface area contributed by atoms with Gasteiger partial charge in [-0.1, -0.05) is 41.6 Å². The lowest BCUT2D eigenvalue weighted by molar-refractivity contribution is -0.871. The molecule has 1 aromatic heterocycles. The summed E-state index contributed by atoms with van der Waals surface area (Å²) in [5.41, 5.74) is 1.67. The SMILES string of the molecule is COc1cccc(NC(=O)C[NH+](C)CCCc2nc(-c3ccccc3)no2)c1. The molecule has 1 unspecified atom stereocenters. The predicted molar refractivity (Wildman–Crippen MR) is 106 cm³/mol. The number of rotatable bonds is 9. The first-order chi connectivity index (χ1) is 13.6. The number of benzene rings is 2. The molecule has 146 valence electrons. The zero-order valence-corrected chi connectivity index (χ0v) is 16.1. The predicted octanol–water partition coefficient (Wildman–Crippen LogP) is 1.83. The van der Waals surface area contributed by atoms with Crippen LogP contribution in [0.4, 0.5) is 5.69 Å². The minimum Gasteiger partial charge on any atom is -0.497 e. The van der Waals surface area contributed by atoms with Gasteiger partial charge in [-0.15, -0.1) is 0 Å². The number of nitrogens with zero attached hydrogens (tertiary/aromatic N) is 2. The van der Waals surface area contributed by atoms with Gasteiger partial charge in [0.2, 0.25) is 11.7 Å². The molecule has 0 aliphatic rings. The van der Waals surface area contributed by atoms with Crippen molar-refractivity contribution in [2.75, 3.05) is 32.6 Å². The van der Waals surface area contributed by atoms with Crippen LogP contribution in [0.3, 0.4) is 0 Å². The van der Waals surface area contributed by atoms with Crippen molar-refractivity contribution in [3.63, 3.8) is 0 Å². The van der Waals surface area contributed by atoms with Gasteiger partial charge in [-0.25, -0.2) is 0 Å². The number of amides is 1. The number of carbonyl (C=O) groups excluding carboxylic acids is 1. The lowest BCUT2D eigenvalue weighted by atomic mass is 10.2. The second-order valence-electron chi connectivity index (χ2n) is 6.65. The van der Waals surface area contributed by atoms with Crippen LogP contribution in [0, 0.1) is 0 Å². The monoisotopic (exact) mass is 381 g/mol. The van der Waals surface area contributed by atoms with E-state index < -0.39 is 0 Å². The number of aryl methyl sites for hydroxylation is 1. The lowest BCUT2D eigenvalue weighted by Gasteiger charge is -2.13. The van der Waals surface area contributed by atoms with Crippen molar-refractivity contribution >= 4 is 11.6 Å². The highest BCUT2D eigenvalue weighted by Crippen LogP contribution is 2.16. The third-order valence-corrected chi connectivity index (χ3v) is 4.31. The van der Waals surface area contributed by atoms with Crippen molar-refractivity contribution in [3.05, 3.63) is 60.5 Å². The molecule has 1 heterocycles. The number of carbonyl (C=O) groups is 1. The van der Waals surface area contributed by atoms with E-state index in [1.54, 1.807) is 13.2 Å². The minimum absolute atomic E-state index is 0.0325. The first-order valence-electron chi connectivity index (χ1n) is 9.27. The van der Waals surface area contributed by atoms with Crippen molar-refractivity contribution in [3.8, 4) is 17.1 Å². The summed E-state index contributed by atoms with van der Waals surface area (Å²) in [7, 11) is 3.60. The molecule has 1 amide bonds. The molecule has 28 heavy (non-hydrogen) atoms. The van der Waals surface area contributed by atoms with Gasteiger partial charge in [-0.2, -0.15) is 4.98 Å². The summed E-state index contributed by atoms with van der Waals surface area (Å²) in [5.74, 6) is 1.91. The number of hydrogen-bond donors (Lipinski definition) is 2. The molecule has 0 radical (unpaired) electrons. The van der Waals surface area contributed by atoms with E-state index in [1.165, 1.54) is 0 Å². The Morgan fingerprint density at radius 1 is 1.18 bits per heavy atom. The summed E-state index contributed by atoms with van der Waals surface area (Å²) in [4.78, 5) is 17.7. The first kappa shape index (κ1) is 19.6. The molecule has 3 rings (SSSR count). The number of hydrogen-bond acceptors (Lipinski definition) is 5. The van der Waals surface area contributed by atoms with E-state index >= 15 is 0 Å². The fourth-order valence-electron chi connectivity index (χ4n) is 2.87. The zero-order chi connectivity index (χ0) is 19.8. The smallest absolute Gasteiger partial charge is 0.279 e. The molecular weight excluding hydrogens is 356 g/mol. The van der Waals surface area contributed by atoms with Gasteiger partial charge in [0.1, 0.15) is 5.75 Å². The topological polar surface area (TPSA) is 81.7 Å². The highest BCUT2D eigenvalue weighted by Gasteiger charge is 2.12. The number of ether oxygens (including phenoxy) is 1. The molecule has 2 N–H and O–H groups in total. The van der Waals surface area contributed by atoms with Gasteiger partial charge in [0.15, 0.2) is 6.54 Å². The van der Waals surface area contributed by atoms with Crippen LogP contribution in [0.25, 0.3) is 11.4 Å². The molecule has 0 bridgehead atoms. The Kier molecular flexibility index (Phi) is 6.75. The summed E-state index contributed by atoms with van der Waals surface area (Å²) in [6, 6.07) is 17.1. The molecule has 0 aliphatic carbocycles. The van der Waals surface area contributed by atoms with Gasteiger partial charge >= 0.3 is 0 Å². The summed E-state index contributed by atoms with van der Waals surface area (Å²) < 4.78 is 10.5. The molecule has 1 atom stereocenters. The molecule has 0 saturated heterocycles. The van der Waals surface area contributed by atoms with E-state index in [4.69, 9.17) is 9.26 Å². The van der Waals surface area contributed by atoms with Crippen molar-refractivity contribution in [1.29, 1.82) is 0 Å². The van der Waals surface area contributed by atoms with Gasteiger partial charge in [-0.3, -0.25) is 4.79 Å². The highest BCUT2D eigenvalue weighted by molar-refractivity contribution is 5.91. The average molecular weight is 381 g/mol. The number of aromatic nitrogens is 2. The maximum Gasteiger partial charge on any atom is 0.279 e.